The van der Waals surface area contributed by atoms with Crippen molar-refractivity contribution in [3.63, 3.8) is 0 Å². The fraction of sp³-hybridized carbons (Fsp3) is 0. The van der Waals surface area contributed by atoms with Crippen LogP contribution in [-0.2, 0) is 0 Å². The Morgan fingerprint density at radius 3 is 1.83 bits per heavy atom. The van der Waals surface area contributed by atoms with E-state index >= 15 is 0 Å². The molecule has 0 N–H and O–H groups in total. The second-order valence-electron chi connectivity index (χ2n) is 11.4. The van der Waals surface area contributed by atoms with Gasteiger partial charge in [-0.15, -0.1) is 11.3 Å². The molecular weight excluding hydrogens is 601 g/mol. The summed E-state index contributed by atoms with van der Waals surface area (Å²) in [6.45, 7) is 0. The SMILES string of the molecule is c1ccc(-c2nc(-c3ccccc3)nc(-c3c4nc(-c5ccc6oc7ccccc7c6c5)oc4cc4sc5ccccc5c34)n2)cc1. The smallest absolute Gasteiger partial charge is 0.227 e. The monoisotopic (exact) mass is 622 g/mol. The third kappa shape index (κ3) is 4.17. The minimum Gasteiger partial charge on any atom is -0.456 e. The lowest BCUT2D eigenvalue weighted by atomic mass is 10.0. The first kappa shape index (κ1) is 26.1. The van der Waals surface area contributed by atoms with Crippen LogP contribution in [0.2, 0.25) is 0 Å². The number of aromatic nitrogens is 4. The Kier molecular flexibility index (Phi) is 5.64. The van der Waals surface area contributed by atoms with Crippen LogP contribution in [0.1, 0.15) is 0 Å². The van der Waals surface area contributed by atoms with Gasteiger partial charge in [-0.1, -0.05) is 97.1 Å². The second kappa shape index (κ2) is 10.2. The van der Waals surface area contributed by atoms with Crippen molar-refractivity contribution in [1.82, 2.24) is 19.9 Å². The van der Waals surface area contributed by atoms with E-state index in [1.54, 1.807) is 11.3 Å². The molecule has 10 aromatic rings. The van der Waals surface area contributed by atoms with Crippen LogP contribution in [0, 0.1) is 0 Å². The lowest BCUT2D eigenvalue weighted by Crippen LogP contribution is -2.01. The molecule has 7 heteroatoms. The van der Waals surface area contributed by atoms with Crippen molar-refractivity contribution in [2.24, 2.45) is 0 Å². The van der Waals surface area contributed by atoms with Gasteiger partial charge in [0, 0.05) is 53.7 Å². The van der Waals surface area contributed by atoms with Crippen molar-refractivity contribution >= 4 is 64.5 Å². The molecule has 0 spiro atoms. The van der Waals surface area contributed by atoms with E-state index in [0.29, 0.717) is 34.5 Å². The minimum absolute atomic E-state index is 0.524. The summed E-state index contributed by atoms with van der Waals surface area (Å²) in [5, 5.41) is 4.26. The molecule has 220 valence electrons. The predicted octanol–water partition coefficient (Wildman–Crippen LogP) is 10.9. The lowest BCUT2D eigenvalue weighted by Gasteiger charge is -2.10. The molecule has 0 bridgehead atoms. The number of para-hydroxylation sites is 1. The van der Waals surface area contributed by atoms with E-state index in [-0.39, 0.29) is 0 Å². The summed E-state index contributed by atoms with van der Waals surface area (Å²) in [5.74, 6) is 2.27. The summed E-state index contributed by atoms with van der Waals surface area (Å²) in [6, 6.07) is 44.7. The average molecular weight is 623 g/mol. The molecule has 4 aromatic heterocycles. The molecule has 4 heterocycles. The summed E-state index contributed by atoms with van der Waals surface area (Å²) in [5.41, 5.74) is 6.57. The topological polar surface area (TPSA) is 77.8 Å². The molecule has 0 aliphatic rings. The van der Waals surface area contributed by atoms with E-state index in [1.807, 2.05) is 91.0 Å². The maximum Gasteiger partial charge on any atom is 0.227 e. The maximum absolute atomic E-state index is 6.58. The molecule has 6 nitrogen and oxygen atoms in total. The average Bonchev–Trinajstić information content (AvgIpc) is 3.84. The van der Waals surface area contributed by atoms with Gasteiger partial charge in [0.2, 0.25) is 5.89 Å². The normalized spacial score (nSPS) is 11.8. The number of oxazole rings is 1. The van der Waals surface area contributed by atoms with Gasteiger partial charge < -0.3 is 8.83 Å². The highest BCUT2D eigenvalue weighted by Crippen LogP contribution is 2.45. The van der Waals surface area contributed by atoms with Crippen LogP contribution < -0.4 is 0 Å². The zero-order chi connectivity index (χ0) is 30.9. The van der Waals surface area contributed by atoms with Crippen LogP contribution in [0.15, 0.2) is 142 Å². The standard InChI is InChI=1S/C40H22N4O2S/c1-3-11-23(12-4-1)37-42-38(24-13-5-2-6-14-24)44-39(43-37)35-34-27-16-8-10-18-32(27)47-33(34)22-31-36(35)41-40(46-31)25-19-20-30-28(21-25)26-15-7-9-17-29(26)45-30/h1-22H. The van der Waals surface area contributed by atoms with Gasteiger partial charge in [0.1, 0.15) is 16.7 Å². The van der Waals surface area contributed by atoms with E-state index in [4.69, 9.17) is 28.8 Å². The van der Waals surface area contributed by atoms with E-state index in [1.165, 1.54) is 4.70 Å². The Morgan fingerprint density at radius 2 is 1.06 bits per heavy atom. The number of hydrogen-bond acceptors (Lipinski definition) is 7. The second-order valence-corrected chi connectivity index (χ2v) is 12.5. The van der Waals surface area contributed by atoms with Crippen molar-refractivity contribution < 1.29 is 8.83 Å². The molecule has 0 unspecified atom stereocenters. The first-order valence-electron chi connectivity index (χ1n) is 15.3. The molecule has 0 amide bonds. The number of benzene rings is 6. The molecule has 47 heavy (non-hydrogen) atoms. The number of furan rings is 1. The quantitative estimate of drug-likeness (QED) is 0.194. The Bertz CT molecular complexity index is 2740. The minimum atomic E-state index is 0.524. The molecule has 0 fully saturated rings. The lowest BCUT2D eigenvalue weighted by molar-refractivity contribution is 0.620. The fourth-order valence-electron chi connectivity index (χ4n) is 6.39. The first-order chi connectivity index (χ1) is 23.3. The number of hydrogen-bond donors (Lipinski definition) is 0. The van der Waals surface area contributed by atoms with E-state index < -0.39 is 0 Å². The highest BCUT2D eigenvalue weighted by Gasteiger charge is 2.24. The summed E-state index contributed by atoms with van der Waals surface area (Å²) >= 11 is 1.72. The van der Waals surface area contributed by atoms with Crippen LogP contribution in [0.3, 0.4) is 0 Å². The predicted molar refractivity (Wildman–Crippen MR) is 189 cm³/mol. The van der Waals surface area contributed by atoms with Gasteiger partial charge in [-0.3, -0.25) is 0 Å². The zero-order valence-electron chi connectivity index (χ0n) is 24.7. The van der Waals surface area contributed by atoms with Gasteiger partial charge >= 0.3 is 0 Å². The van der Waals surface area contributed by atoms with E-state index in [9.17, 15) is 0 Å². The number of fused-ring (bicyclic) bond motifs is 7. The van der Waals surface area contributed by atoms with Gasteiger partial charge in [-0.2, -0.15) is 0 Å². The van der Waals surface area contributed by atoms with Crippen molar-refractivity contribution in [3.8, 4) is 45.6 Å². The number of rotatable bonds is 4. The van der Waals surface area contributed by atoms with Crippen LogP contribution in [0.25, 0.3) is 98.8 Å². The Hall–Kier alpha value is -6.18. The van der Waals surface area contributed by atoms with Gasteiger partial charge in [0.05, 0.1) is 5.56 Å². The van der Waals surface area contributed by atoms with E-state index in [0.717, 1.165) is 59.7 Å². The van der Waals surface area contributed by atoms with Crippen LogP contribution >= 0.6 is 11.3 Å². The van der Waals surface area contributed by atoms with Crippen molar-refractivity contribution in [1.29, 1.82) is 0 Å². The third-order valence-electron chi connectivity index (χ3n) is 8.57. The van der Waals surface area contributed by atoms with Crippen molar-refractivity contribution in [3.05, 3.63) is 133 Å². The van der Waals surface area contributed by atoms with Crippen molar-refractivity contribution in [2.75, 3.05) is 0 Å². The molecule has 0 aliphatic heterocycles. The van der Waals surface area contributed by atoms with Crippen LogP contribution in [0.5, 0.6) is 0 Å². The Morgan fingerprint density at radius 1 is 0.426 bits per heavy atom. The van der Waals surface area contributed by atoms with Gasteiger partial charge in [0.15, 0.2) is 23.1 Å². The summed E-state index contributed by atoms with van der Waals surface area (Å²) < 4.78 is 14.9. The summed E-state index contributed by atoms with van der Waals surface area (Å²) in [4.78, 5) is 20.4. The molecule has 0 aliphatic carbocycles. The molecule has 0 atom stereocenters. The van der Waals surface area contributed by atoms with E-state index in [2.05, 4.69) is 42.5 Å². The molecule has 6 aromatic carbocycles. The summed E-state index contributed by atoms with van der Waals surface area (Å²) in [6.07, 6.45) is 0. The number of nitrogens with zero attached hydrogens (tertiary/aromatic N) is 4. The maximum atomic E-state index is 6.58. The van der Waals surface area contributed by atoms with Gasteiger partial charge in [0.25, 0.3) is 0 Å². The molecular formula is C40H22N4O2S. The molecule has 10 rings (SSSR count). The van der Waals surface area contributed by atoms with Gasteiger partial charge in [-0.05, 0) is 30.3 Å². The third-order valence-corrected chi connectivity index (χ3v) is 9.69. The zero-order valence-corrected chi connectivity index (χ0v) is 25.5. The van der Waals surface area contributed by atoms with Crippen LogP contribution in [0.4, 0.5) is 0 Å². The van der Waals surface area contributed by atoms with Crippen molar-refractivity contribution in [2.45, 2.75) is 0 Å². The highest BCUT2D eigenvalue weighted by atomic mass is 32.1. The fourth-order valence-corrected chi connectivity index (χ4v) is 7.53. The van der Waals surface area contributed by atoms with Crippen LogP contribution in [-0.4, -0.2) is 19.9 Å². The highest BCUT2D eigenvalue weighted by molar-refractivity contribution is 7.26. The molecule has 0 saturated heterocycles. The Labute approximate surface area is 271 Å². The summed E-state index contributed by atoms with van der Waals surface area (Å²) in [7, 11) is 0. The molecule has 0 saturated carbocycles. The Balaban J connectivity index is 1.27. The van der Waals surface area contributed by atoms with Gasteiger partial charge in [-0.25, -0.2) is 19.9 Å². The molecule has 0 radical (unpaired) electrons. The first-order valence-corrected chi connectivity index (χ1v) is 16.1. The largest absolute Gasteiger partial charge is 0.456 e. The number of thiophene rings is 1.